The molecule has 0 aromatic carbocycles. The van der Waals surface area contributed by atoms with Crippen molar-refractivity contribution in [3.63, 3.8) is 0 Å². The van der Waals surface area contributed by atoms with E-state index >= 15 is 0 Å². The predicted octanol–water partition coefficient (Wildman–Crippen LogP) is 1.38. The zero-order chi connectivity index (χ0) is 15.7. The van der Waals surface area contributed by atoms with Gasteiger partial charge in [-0.1, -0.05) is 49.1 Å². The van der Waals surface area contributed by atoms with Crippen LogP contribution in [-0.2, 0) is 4.74 Å². The SMILES string of the molecule is C.C=C1CN(P)C1.CCC1(O)CN(P)C1.PN1CC2(CO2)C1. The number of nitrogens with zero attached hydrogens (tertiary/aromatic N) is 3. The van der Waals surface area contributed by atoms with Crippen LogP contribution in [0.3, 0.4) is 0 Å². The van der Waals surface area contributed by atoms with Crippen molar-refractivity contribution in [1.29, 1.82) is 0 Å². The molecule has 22 heavy (non-hydrogen) atoms. The molecule has 0 bridgehead atoms. The van der Waals surface area contributed by atoms with Crippen LogP contribution in [0.5, 0.6) is 0 Å². The summed E-state index contributed by atoms with van der Waals surface area (Å²) in [6.45, 7) is 12.8. The van der Waals surface area contributed by atoms with Gasteiger partial charge in [-0.15, -0.1) is 0 Å². The highest BCUT2D eigenvalue weighted by atomic mass is 31.0. The van der Waals surface area contributed by atoms with Crippen LogP contribution in [0.25, 0.3) is 0 Å². The molecule has 0 aromatic heterocycles. The van der Waals surface area contributed by atoms with Crippen LogP contribution in [-0.4, -0.2) is 76.2 Å². The second-order valence-electron chi connectivity index (χ2n) is 6.51. The topological polar surface area (TPSA) is 42.5 Å². The van der Waals surface area contributed by atoms with Crippen molar-refractivity contribution in [2.45, 2.75) is 32.0 Å². The van der Waals surface area contributed by atoms with Crippen LogP contribution in [0.2, 0.25) is 0 Å². The largest absolute Gasteiger partial charge is 0.387 e. The second-order valence-corrected chi connectivity index (χ2v) is 8.71. The van der Waals surface area contributed by atoms with E-state index in [2.05, 4.69) is 44.1 Å². The first kappa shape index (κ1) is 20.9. The summed E-state index contributed by atoms with van der Waals surface area (Å²) in [7, 11) is 7.84. The second kappa shape index (κ2) is 8.28. The summed E-state index contributed by atoms with van der Waals surface area (Å²) in [5.74, 6) is 0. The minimum absolute atomic E-state index is 0. The number of aliphatic hydroxyl groups is 1. The van der Waals surface area contributed by atoms with Crippen molar-refractivity contribution in [2.24, 2.45) is 0 Å². The third kappa shape index (κ3) is 6.04. The van der Waals surface area contributed by atoms with E-state index in [9.17, 15) is 5.11 Å². The Morgan fingerprint density at radius 1 is 1.09 bits per heavy atom. The Hall–Kier alpha value is 0.830. The lowest BCUT2D eigenvalue weighted by atomic mass is 9.94. The maximum Gasteiger partial charge on any atom is 0.117 e. The van der Waals surface area contributed by atoms with Gasteiger partial charge in [-0.25, -0.2) is 0 Å². The van der Waals surface area contributed by atoms with E-state index in [0.717, 1.165) is 52.3 Å². The van der Waals surface area contributed by atoms with Gasteiger partial charge in [-0.2, -0.15) is 0 Å². The van der Waals surface area contributed by atoms with Crippen LogP contribution in [0.1, 0.15) is 20.8 Å². The van der Waals surface area contributed by atoms with Crippen molar-refractivity contribution in [3.8, 4) is 0 Å². The first-order valence-electron chi connectivity index (χ1n) is 7.28. The minimum atomic E-state index is -0.359. The molecule has 0 amide bonds. The summed E-state index contributed by atoms with van der Waals surface area (Å²) in [4.78, 5) is 0. The van der Waals surface area contributed by atoms with Crippen molar-refractivity contribution >= 4 is 28.2 Å². The van der Waals surface area contributed by atoms with Gasteiger partial charge in [0.25, 0.3) is 0 Å². The van der Waals surface area contributed by atoms with Gasteiger partial charge in [-0.05, 0) is 12.0 Å². The summed E-state index contributed by atoms with van der Waals surface area (Å²) in [6, 6.07) is 0. The fourth-order valence-electron chi connectivity index (χ4n) is 2.44. The Balaban J connectivity index is 0.000000163. The Labute approximate surface area is 142 Å². The number of ether oxygens (including phenoxy) is 1. The summed E-state index contributed by atoms with van der Waals surface area (Å²) in [5, 5.41) is 9.33. The lowest BCUT2D eigenvalue weighted by molar-refractivity contribution is -0.0575. The number of β-amino-alcohol motifs (C(OH)–C–C–N with tert-alkyl or cyclic N) is 1. The third-order valence-corrected chi connectivity index (χ3v) is 5.14. The highest BCUT2D eigenvalue weighted by Gasteiger charge is 2.53. The maximum atomic E-state index is 9.33. The normalized spacial score (nSPS) is 27.8. The van der Waals surface area contributed by atoms with Crippen molar-refractivity contribution in [3.05, 3.63) is 12.2 Å². The zero-order valence-electron chi connectivity index (χ0n) is 12.8. The van der Waals surface area contributed by atoms with Crippen molar-refractivity contribution in [2.75, 3.05) is 45.9 Å². The Morgan fingerprint density at radius 2 is 1.55 bits per heavy atom. The molecule has 4 heterocycles. The minimum Gasteiger partial charge on any atom is -0.387 e. The van der Waals surface area contributed by atoms with E-state index in [4.69, 9.17) is 4.74 Å². The van der Waals surface area contributed by atoms with Gasteiger partial charge in [0.2, 0.25) is 0 Å². The molecule has 1 N–H and O–H groups in total. The number of rotatable bonds is 1. The molecular weight excluding hydrogens is 335 g/mol. The average Bonchev–Trinajstić information content (AvgIpc) is 3.07. The van der Waals surface area contributed by atoms with E-state index in [0.29, 0.717) is 5.60 Å². The van der Waals surface area contributed by atoms with Gasteiger partial charge in [0.05, 0.1) is 12.2 Å². The average molecular weight is 367 g/mol. The van der Waals surface area contributed by atoms with Crippen LogP contribution in [0, 0.1) is 0 Å². The molecule has 0 radical (unpaired) electrons. The lowest BCUT2D eigenvalue weighted by Gasteiger charge is -2.43. The number of hydrogen-bond acceptors (Lipinski definition) is 5. The van der Waals surface area contributed by atoms with Crippen LogP contribution < -0.4 is 0 Å². The lowest BCUT2D eigenvalue weighted by Crippen LogP contribution is -2.56. The first-order chi connectivity index (χ1) is 9.76. The maximum absolute atomic E-state index is 9.33. The van der Waals surface area contributed by atoms with E-state index < -0.39 is 0 Å². The number of epoxide rings is 1. The Morgan fingerprint density at radius 3 is 1.64 bits per heavy atom. The highest BCUT2D eigenvalue weighted by molar-refractivity contribution is 7.13. The first-order valence-corrected chi connectivity index (χ1v) is 8.83. The Kier molecular flexibility index (Phi) is 7.85. The highest BCUT2D eigenvalue weighted by Crippen LogP contribution is 2.38. The molecule has 0 aromatic rings. The predicted molar refractivity (Wildman–Crippen MR) is 104 cm³/mol. The molecule has 4 saturated heterocycles. The molecule has 130 valence electrons. The van der Waals surface area contributed by atoms with E-state index in [1.807, 2.05) is 11.6 Å². The molecule has 4 fully saturated rings. The molecular formula is C14H32N3O2P3. The molecule has 4 rings (SSSR count). The quantitative estimate of drug-likeness (QED) is 0.431. The van der Waals surface area contributed by atoms with E-state index in [-0.39, 0.29) is 13.0 Å². The molecule has 5 nitrogen and oxygen atoms in total. The van der Waals surface area contributed by atoms with Gasteiger partial charge in [0.15, 0.2) is 0 Å². The molecule has 0 aliphatic carbocycles. The monoisotopic (exact) mass is 367 g/mol. The Bertz CT molecular complexity index is 372. The van der Waals surface area contributed by atoms with Gasteiger partial charge in [-0.3, -0.25) is 14.0 Å². The zero-order valence-corrected chi connectivity index (χ0v) is 16.3. The van der Waals surface area contributed by atoms with Gasteiger partial charge >= 0.3 is 0 Å². The van der Waals surface area contributed by atoms with Crippen LogP contribution in [0.4, 0.5) is 0 Å². The summed E-state index contributed by atoms with van der Waals surface area (Å²) < 4.78 is 11.5. The number of hydrogen-bond donors (Lipinski definition) is 1. The summed E-state index contributed by atoms with van der Waals surface area (Å²) in [5.41, 5.74) is 1.33. The fourth-order valence-corrected chi connectivity index (χ4v) is 4.30. The van der Waals surface area contributed by atoms with Crippen molar-refractivity contribution in [1.82, 2.24) is 14.0 Å². The van der Waals surface area contributed by atoms with E-state index in [1.54, 1.807) is 0 Å². The molecule has 3 unspecified atom stereocenters. The molecule has 8 heteroatoms. The van der Waals surface area contributed by atoms with Crippen LogP contribution >= 0.6 is 28.2 Å². The smallest absolute Gasteiger partial charge is 0.117 e. The molecule has 4 aliphatic rings. The molecule has 1 spiro atoms. The molecule has 0 saturated carbocycles. The molecule has 4 aliphatic heterocycles. The van der Waals surface area contributed by atoms with Crippen molar-refractivity contribution < 1.29 is 9.84 Å². The summed E-state index contributed by atoms with van der Waals surface area (Å²) >= 11 is 0. The van der Waals surface area contributed by atoms with E-state index in [1.165, 1.54) is 5.57 Å². The van der Waals surface area contributed by atoms with Gasteiger partial charge < -0.3 is 9.84 Å². The standard InChI is InChI=1S/C5H12NOP.C4H8NOP.C4H8NP.CH4/c1-2-5(7)3-6(8)4-5;7-5-1-4(2-5)3-6-4;1-4-2-5(6)3-4;/h7H,2-4,8H2,1H3;1-3,7H2;1-3,6H2;1H4. The fraction of sp³-hybridized carbons (Fsp3) is 0.857. The molecule has 3 atom stereocenters. The van der Waals surface area contributed by atoms with Gasteiger partial charge in [0.1, 0.15) is 5.60 Å². The summed E-state index contributed by atoms with van der Waals surface area (Å²) in [6.07, 6.45) is 0.873. The van der Waals surface area contributed by atoms with Crippen LogP contribution in [0.15, 0.2) is 12.2 Å². The third-order valence-electron chi connectivity index (χ3n) is 4.04. The van der Waals surface area contributed by atoms with Gasteiger partial charge in [0, 0.05) is 39.3 Å².